The van der Waals surface area contributed by atoms with Gasteiger partial charge in [0.25, 0.3) is 10.0 Å². The first-order valence-electron chi connectivity index (χ1n) is 10.1. The second-order valence-electron chi connectivity index (χ2n) is 7.31. The van der Waals surface area contributed by atoms with Crippen LogP contribution >= 0.6 is 0 Å². The highest BCUT2D eigenvalue weighted by molar-refractivity contribution is 7.90. The molecule has 0 atom stereocenters. The van der Waals surface area contributed by atoms with Crippen molar-refractivity contribution in [2.75, 3.05) is 11.9 Å². The van der Waals surface area contributed by atoms with Crippen molar-refractivity contribution < 1.29 is 13.2 Å². The number of carbonyl (C=O) groups is 1. The number of amidine groups is 1. The molecular formula is C24H23N3O3S. The lowest BCUT2D eigenvalue weighted by atomic mass is 9.90. The summed E-state index contributed by atoms with van der Waals surface area (Å²) in [5.41, 5.74) is 2.13. The summed E-state index contributed by atoms with van der Waals surface area (Å²) in [6.07, 6.45) is 1.46. The van der Waals surface area contributed by atoms with Gasteiger partial charge in [0.2, 0.25) is 5.91 Å². The van der Waals surface area contributed by atoms with Gasteiger partial charge in [-0.3, -0.25) is 14.5 Å². The molecule has 0 saturated carbocycles. The van der Waals surface area contributed by atoms with Crippen molar-refractivity contribution in [2.45, 2.75) is 23.7 Å². The van der Waals surface area contributed by atoms with Crippen LogP contribution in [0.5, 0.6) is 0 Å². The van der Waals surface area contributed by atoms with Crippen LogP contribution in [0, 0.1) is 0 Å². The van der Waals surface area contributed by atoms with Gasteiger partial charge in [-0.15, -0.1) is 0 Å². The highest BCUT2D eigenvalue weighted by Crippen LogP contribution is 2.27. The topological polar surface area (TPSA) is 87.6 Å². The van der Waals surface area contributed by atoms with E-state index in [0.717, 1.165) is 17.5 Å². The fourth-order valence-electron chi connectivity index (χ4n) is 3.58. The van der Waals surface area contributed by atoms with E-state index in [-0.39, 0.29) is 10.8 Å². The van der Waals surface area contributed by atoms with Gasteiger partial charge in [-0.25, -0.2) is 8.42 Å². The molecule has 3 aromatic rings. The largest absolute Gasteiger partial charge is 0.325 e. The molecule has 1 amide bonds. The second-order valence-corrected chi connectivity index (χ2v) is 8.99. The molecule has 4 rings (SSSR count). The van der Waals surface area contributed by atoms with E-state index in [2.05, 4.69) is 15.0 Å². The summed E-state index contributed by atoms with van der Waals surface area (Å²) in [4.78, 5) is 17.5. The molecule has 0 aromatic heterocycles. The van der Waals surface area contributed by atoms with Gasteiger partial charge in [0.05, 0.1) is 10.8 Å². The van der Waals surface area contributed by atoms with Crippen molar-refractivity contribution in [3.63, 3.8) is 0 Å². The standard InChI is InChI=1S/C24H23N3O3S/c28-24(23(18-9-3-1-4-10-18)19-11-5-2-6-12-19)26-20-13-7-14-21(17-20)31(29,30)27-22-15-8-16-25-22/h1-7,9-14,17,23H,8,15-16H2,(H,25,27)(H,26,28). The van der Waals surface area contributed by atoms with Gasteiger partial charge < -0.3 is 5.32 Å². The zero-order valence-electron chi connectivity index (χ0n) is 16.9. The van der Waals surface area contributed by atoms with Crippen molar-refractivity contribution in [1.29, 1.82) is 0 Å². The Morgan fingerprint density at radius 2 is 1.52 bits per heavy atom. The van der Waals surface area contributed by atoms with E-state index < -0.39 is 15.9 Å². The van der Waals surface area contributed by atoms with Crippen molar-refractivity contribution in [2.24, 2.45) is 4.99 Å². The van der Waals surface area contributed by atoms with Crippen LogP contribution < -0.4 is 10.0 Å². The highest BCUT2D eigenvalue weighted by Gasteiger charge is 2.24. The Morgan fingerprint density at radius 3 is 2.10 bits per heavy atom. The second kappa shape index (κ2) is 9.14. The minimum Gasteiger partial charge on any atom is -0.325 e. The lowest BCUT2D eigenvalue weighted by Gasteiger charge is -2.18. The maximum Gasteiger partial charge on any atom is 0.262 e. The van der Waals surface area contributed by atoms with Crippen LogP contribution in [0.1, 0.15) is 29.9 Å². The lowest BCUT2D eigenvalue weighted by molar-refractivity contribution is -0.116. The first-order chi connectivity index (χ1) is 15.0. The quantitative estimate of drug-likeness (QED) is 0.617. The number of carbonyl (C=O) groups excluding carboxylic acids is 1. The molecular weight excluding hydrogens is 410 g/mol. The maximum atomic E-state index is 13.3. The molecule has 0 radical (unpaired) electrons. The number of nitrogens with zero attached hydrogens (tertiary/aromatic N) is 1. The van der Waals surface area contributed by atoms with E-state index in [9.17, 15) is 13.2 Å². The van der Waals surface area contributed by atoms with E-state index in [1.165, 1.54) is 12.1 Å². The van der Waals surface area contributed by atoms with Gasteiger partial charge in [0.15, 0.2) is 0 Å². The summed E-state index contributed by atoms with van der Waals surface area (Å²) in [5, 5.41) is 2.88. The first kappa shape index (κ1) is 20.8. The molecule has 0 fully saturated rings. The minimum absolute atomic E-state index is 0.0795. The fraction of sp³-hybridized carbons (Fsp3) is 0.167. The summed E-state index contributed by atoms with van der Waals surface area (Å²) in [6.45, 7) is 0.633. The molecule has 0 saturated heterocycles. The lowest BCUT2D eigenvalue weighted by Crippen LogP contribution is -2.29. The van der Waals surface area contributed by atoms with Crippen molar-refractivity contribution >= 4 is 27.5 Å². The zero-order valence-corrected chi connectivity index (χ0v) is 17.7. The van der Waals surface area contributed by atoms with E-state index in [1.807, 2.05) is 60.7 Å². The number of hydrogen-bond donors (Lipinski definition) is 2. The van der Waals surface area contributed by atoms with E-state index >= 15 is 0 Å². The third kappa shape index (κ3) is 5.00. The molecule has 3 aromatic carbocycles. The zero-order chi connectivity index (χ0) is 21.7. The number of sulfonamides is 1. The van der Waals surface area contributed by atoms with Crippen LogP contribution in [0.15, 0.2) is 94.8 Å². The Hall–Kier alpha value is -3.45. The average molecular weight is 434 g/mol. The Balaban J connectivity index is 1.59. The highest BCUT2D eigenvalue weighted by atomic mass is 32.2. The molecule has 7 heteroatoms. The van der Waals surface area contributed by atoms with Gasteiger partial charge in [0.1, 0.15) is 5.84 Å². The van der Waals surface area contributed by atoms with E-state index in [4.69, 9.17) is 0 Å². The third-order valence-corrected chi connectivity index (χ3v) is 6.45. The number of amides is 1. The summed E-state index contributed by atoms with van der Waals surface area (Å²) in [7, 11) is -3.76. The van der Waals surface area contributed by atoms with Crippen molar-refractivity contribution in [3.05, 3.63) is 96.1 Å². The van der Waals surface area contributed by atoms with Crippen molar-refractivity contribution in [1.82, 2.24) is 4.72 Å². The first-order valence-corrected chi connectivity index (χ1v) is 11.6. The predicted octanol–water partition coefficient (Wildman–Crippen LogP) is 3.93. The summed E-state index contributed by atoms with van der Waals surface area (Å²) in [6, 6.07) is 25.3. The summed E-state index contributed by atoms with van der Waals surface area (Å²) >= 11 is 0. The van der Waals surface area contributed by atoms with Crippen LogP contribution in [0.2, 0.25) is 0 Å². The molecule has 1 heterocycles. The number of hydrogen-bond acceptors (Lipinski definition) is 4. The molecule has 158 valence electrons. The Kier molecular flexibility index (Phi) is 6.13. The number of nitrogens with one attached hydrogen (secondary N) is 2. The molecule has 0 bridgehead atoms. The third-order valence-electron chi connectivity index (χ3n) is 5.07. The number of benzene rings is 3. The summed E-state index contributed by atoms with van der Waals surface area (Å²) in [5.74, 6) is -0.281. The van der Waals surface area contributed by atoms with E-state index in [1.54, 1.807) is 12.1 Å². The molecule has 0 unspecified atom stereocenters. The maximum absolute atomic E-state index is 13.3. The van der Waals surface area contributed by atoms with Crippen LogP contribution in [-0.4, -0.2) is 26.7 Å². The minimum atomic E-state index is -3.76. The SMILES string of the molecule is O=C(Nc1cccc(S(=O)(=O)NC2=NCCC2)c1)C(c1ccccc1)c1ccccc1. The number of rotatable bonds is 6. The summed E-state index contributed by atoms with van der Waals surface area (Å²) < 4.78 is 27.9. The van der Waals surface area contributed by atoms with Gasteiger partial charge in [-0.2, -0.15) is 0 Å². The Bertz CT molecular complexity index is 1150. The smallest absolute Gasteiger partial charge is 0.262 e. The monoisotopic (exact) mass is 433 g/mol. The molecule has 0 aliphatic carbocycles. The predicted molar refractivity (Wildman–Crippen MR) is 122 cm³/mol. The molecule has 2 N–H and O–H groups in total. The van der Waals surface area contributed by atoms with Crippen LogP contribution in [0.3, 0.4) is 0 Å². The normalized spacial score (nSPS) is 13.6. The van der Waals surface area contributed by atoms with Gasteiger partial charge in [0, 0.05) is 18.7 Å². The number of anilines is 1. The Morgan fingerprint density at radius 1 is 0.871 bits per heavy atom. The van der Waals surface area contributed by atoms with Gasteiger partial charge >= 0.3 is 0 Å². The molecule has 31 heavy (non-hydrogen) atoms. The van der Waals surface area contributed by atoms with Crippen LogP contribution in [0.4, 0.5) is 5.69 Å². The molecule has 1 aliphatic heterocycles. The van der Waals surface area contributed by atoms with Gasteiger partial charge in [-0.1, -0.05) is 66.7 Å². The number of aliphatic imine (C=N–C) groups is 1. The molecule has 0 spiro atoms. The van der Waals surface area contributed by atoms with Crippen LogP contribution in [-0.2, 0) is 14.8 Å². The van der Waals surface area contributed by atoms with Crippen LogP contribution in [0.25, 0.3) is 0 Å². The fourth-order valence-corrected chi connectivity index (χ4v) is 4.71. The molecule has 6 nitrogen and oxygen atoms in total. The molecule has 1 aliphatic rings. The average Bonchev–Trinajstić information content (AvgIpc) is 3.28. The Labute approximate surface area is 182 Å². The van der Waals surface area contributed by atoms with E-state index in [0.29, 0.717) is 24.5 Å². The van der Waals surface area contributed by atoms with Gasteiger partial charge in [-0.05, 0) is 35.7 Å². The van der Waals surface area contributed by atoms with Crippen molar-refractivity contribution in [3.8, 4) is 0 Å².